The average molecular weight is 336 g/mol. The Bertz CT molecular complexity index is 916. The zero-order chi connectivity index (χ0) is 17.8. The second-order valence-corrected chi connectivity index (χ2v) is 6.02. The highest BCUT2D eigenvalue weighted by Gasteiger charge is 2.22. The van der Waals surface area contributed by atoms with Crippen molar-refractivity contribution in [3.05, 3.63) is 59.9 Å². The van der Waals surface area contributed by atoms with Crippen LogP contribution >= 0.6 is 0 Å². The average Bonchev–Trinajstić information content (AvgIpc) is 2.97. The number of aromatic nitrogens is 2. The molecule has 0 fully saturated rings. The van der Waals surface area contributed by atoms with E-state index in [9.17, 15) is 9.59 Å². The fourth-order valence-electron chi connectivity index (χ4n) is 2.79. The molecule has 1 unspecified atom stereocenters. The number of H-pyrrole nitrogens is 1. The molecule has 2 amide bonds. The van der Waals surface area contributed by atoms with Crippen LogP contribution in [-0.4, -0.2) is 27.8 Å². The number of nitrogens with zero attached hydrogens (tertiary/aromatic N) is 1. The van der Waals surface area contributed by atoms with Crippen LogP contribution in [0.4, 0.5) is 5.82 Å². The molecule has 0 bridgehead atoms. The molecule has 3 N–H and O–H groups in total. The van der Waals surface area contributed by atoms with Gasteiger partial charge in [-0.3, -0.25) is 9.59 Å². The first-order valence-electron chi connectivity index (χ1n) is 8.08. The number of rotatable bonds is 5. The molecule has 2 aromatic heterocycles. The molecule has 6 heteroatoms. The maximum absolute atomic E-state index is 12.6. The first-order valence-corrected chi connectivity index (χ1v) is 8.08. The molecule has 3 rings (SSSR count). The summed E-state index contributed by atoms with van der Waals surface area (Å²) in [4.78, 5) is 31.5. The van der Waals surface area contributed by atoms with Crippen LogP contribution in [0.2, 0.25) is 0 Å². The molecule has 1 atom stereocenters. The minimum absolute atomic E-state index is 0.253. The zero-order valence-corrected chi connectivity index (χ0v) is 14.2. The van der Waals surface area contributed by atoms with Gasteiger partial charge in [-0.2, -0.15) is 0 Å². The van der Waals surface area contributed by atoms with Crippen LogP contribution in [0.1, 0.15) is 18.1 Å². The second-order valence-electron chi connectivity index (χ2n) is 6.02. The summed E-state index contributed by atoms with van der Waals surface area (Å²) in [5.74, 6) is -0.0740. The van der Waals surface area contributed by atoms with E-state index in [2.05, 4.69) is 20.6 Å². The number of carbonyl (C=O) groups is 2. The Balaban J connectivity index is 1.81. The van der Waals surface area contributed by atoms with E-state index < -0.39 is 6.04 Å². The smallest absolute Gasteiger partial charge is 0.248 e. The number of benzene rings is 1. The molecular weight excluding hydrogens is 316 g/mol. The van der Waals surface area contributed by atoms with Crippen LogP contribution in [0.3, 0.4) is 0 Å². The van der Waals surface area contributed by atoms with E-state index in [1.54, 1.807) is 12.3 Å². The van der Waals surface area contributed by atoms with Gasteiger partial charge >= 0.3 is 0 Å². The van der Waals surface area contributed by atoms with Crippen molar-refractivity contribution in [1.29, 1.82) is 0 Å². The van der Waals surface area contributed by atoms with E-state index in [1.807, 2.05) is 43.5 Å². The van der Waals surface area contributed by atoms with Crippen LogP contribution < -0.4 is 10.6 Å². The highest BCUT2D eigenvalue weighted by atomic mass is 16.2. The lowest BCUT2D eigenvalue weighted by molar-refractivity contribution is -0.125. The first-order chi connectivity index (χ1) is 12.0. The summed E-state index contributed by atoms with van der Waals surface area (Å²) in [5.41, 5.74) is 2.97. The van der Waals surface area contributed by atoms with E-state index in [0.717, 1.165) is 22.0 Å². The summed E-state index contributed by atoms with van der Waals surface area (Å²) < 4.78 is 0. The molecule has 6 nitrogen and oxygen atoms in total. The standard InChI is InChI=1S/C19H20N4O2/c1-12-7-8-20-18(9-12)23-19(25)17(22-13(2)24)10-14-11-21-16-6-4-3-5-15(14)16/h3-9,11,17,21H,10H2,1-2H3,(H,22,24)(H,20,23,25). The maximum atomic E-state index is 12.6. The van der Waals surface area contributed by atoms with Crippen LogP contribution in [-0.2, 0) is 16.0 Å². The first kappa shape index (κ1) is 16.7. The molecule has 0 spiro atoms. The number of carbonyl (C=O) groups excluding carboxylic acids is 2. The molecule has 25 heavy (non-hydrogen) atoms. The number of amides is 2. The van der Waals surface area contributed by atoms with Crippen molar-refractivity contribution in [2.45, 2.75) is 26.3 Å². The van der Waals surface area contributed by atoms with Crippen molar-refractivity contribution in [1.82, 2.24) is 15.3 Å². The Kier molecular flexibility index (Phi) is 4.79. The number of fused-ring (bicyclic) bond motifs is 1. The van der Waals surface area contributed by atoms with E-state index >= 15 is 0 Å². The topological polar surface area (TPSA) is 86.9 Å². The van der Waals surface area contributed by atoms with Gasteiger partial charge in [0.25, 0.3) is 0 Å². The van der Waals surface area contributed by atoms with Crippen molar-refractivity contribution >= 4 is 28.5 Å². The second kappa shape index (κ2) is 7.17. The molecule has 2 heterocycles. The van der Waals surface area contributed by atoms with Crippen LogP contribution in [0.5, 0.6) is 0 Å². The van der Waals surface area contributed by atoms with Crippen LogP contribution in [0, 0.1) is 6.92 Å². The Morgan fingerprint density at radius 1 is 1.24 bits per heavy atom. The zero-order valence-electron chi connectivity index (χ0n) is 14.2. The predicted octanol–water partition coefficient (Wildman–Crippen LogP) is 2.56. The summed E-state index contributed by atoms with van der Waals surface area (Å²) in [6.07, 6.45) is 3.90. The normalized spacial score (nSPS) is 11.9. The van der Waals surface area contributed by atoms with Gasteiger partial charge in [0.05, 0.1) is 0 Å². The van der Waals surface area contributed by atoms with E-state index in [0.29, 0.717) is 12.2 Å². The molecule has 0 aliphatic carbocycles. The number of hydrogen-bond donors (Lipinski definition) is 3. The van der Waals surface area contributed by atoms with Crippen molar-refractivity contribution in [2.24, 2.45) is 0 Å². The maximum Gasteiger partial charge on any atom is 0.248 e. The lowest BCUT2D eigenvalue weighted by atomic mass is 10.0. The van der Waals surface area contributed by atoms with Gasteiger partial charge in [-0.25, -0.2) is 4.98 Å². The van der Waals surface area contributed by atoms with Crippen molar-refractivity contribution < 1.29 is 9.59 Å². The lowest BCUT2D eigenvalue weighted by Crippen LogP contribution is -2.44. The van der Waals surface area contributed by atoms with Gasteiger partial charge in [-0.15, -0.1) is 0 Å². The highest BCUT2D eigenvalue weighted by molar-refractivity contribution is 5.97. The summed E-state index contributed by atoms with van der Waals surface area (Å²) in [7, 11) is 0. The quantitative estimate of drug-likeness (QED) is 0.669. The van der Waals surface area contributed by atoms with E-state index in [4.69, 9.17) is 0 Å². The number of para-hydroxylation sites is 1. The molecule has 0 saturated carbocycles. The van der Waals surface area contributed by atoms with Gasteiger partial charge in [0, 0.05) is 36.6 Å². The number of aryl methyl sites for hydroxylation is 1. The van der Waals surface area contributed by atoms with Crippen molar-refractivity contribution in [2.75, 3.05) is 5.32 Å². The highest BCUT2D eigenvalue weighted by Crippen LogP contribution is 2.19. The molecule has 0 aliphatic heterocycles. The molecule has 128 valence electrons. The Morgan fingerprint density at radius 3 is 2.80 bits per heavy atom. The molecule has 0 radical (unpaired) electrons. The summed E-state index contributed by atoms with van der Waals surface area (Å²) >= 11 is 0. The van der Waals surface area contributed by atoms with Gasteiger partial charge in [-0.1, -0.05) is 18.2 Å². The fraction of sp³-hybridized carbons (Fsp3) is 0.211. The van der Waals surface area contributed by atoms with E-state index in [-0.39, 0.29) is 11.8 Å². The minimum atomic E-state index is -0.681. The number of anilines is 1. The number of hydrogen-bond acceptors (Lipinski definition) is 3. The summed E-state index contributed by atoms with van der Waals surface area (Å²) in [6, 6.07) is 10.8. The van der Waals surface area contributed by atoms with Crippen molar-refractivity contribution in [3.63, 3.8) is 0 Å². The van der Waals surface area contributed by atoms with Crippen molar-refractivity contribution in [3.8, 4) is 0 Å². The van der Waals surface area contributed by atoms with Gasteiger partial charge in [0.1, 0.15) is 11.9 Å². The summed E-state index contributed by atoms with van der Waals surface area (Å²) in [5, 5.41) is 6.54. The number of aromatic amines is 1. The van der Waals surface area contributed by atoms with Gasteiger partial charge in [0.2, 0.25) is 11.8 Å². The lowest BCUT2D eigenvalue weighted by Gasteiger charge is -2.17. The van der Waals surface area contributed by atoms with Crippen LogP contribution in [0.15, 0.2) is 48.8 Å². The molecule has 0 aliphatic rings. The van der Waals surface area contributed by atoms with E-state index in [1.165, 1.54) is 6.92 Å². The Morgan fingerprint density at radius 2 is 2.04 bits per heavy atom. The molecule has 0 saturated heterocycles. The predicted molar refractivity (Wildman–Crippen MR) is 97.2 cm³/mol. The SMILES string of the molecule is CC(=O)NC(Cc1c[nH]c2ccccc12)C(=O)Nc1cc(C)ccn1. The van der Waals surface area contributed by atoms with Crippen LogP contribution in [0.25, 0.3) is 10.9 Å². The largest absolute Gasteiger partial charge is 0.361 e. The molecule has 3 aromatic rings. The third-order valence-electron chi connectivity index (χ3n) is 3.96. The summed E-state index contributed by atoms with van der Waals surface area (Å²) in [6.45, 7) is 3.33. The fourth-order valence-corrected chi connectivity index (χ4v) is 2.79. The Hall–Kier alpha value is -3.15. The molecular formula is C19H20N4O2. The van der Waals surface area contributed by atoms with Gasteiger partial charge < -0.3 is 15.6 Å². The molecule has 1 aromatic carbocycles. The number of pyridine rings is 1. The third kappa shape index (κ3) is 4.03. The number of nitrogens with one attached hydrogen (secondary N) is 3. The van der Waals surface area contributed by atoms with Gasteiger partial charge in [0.15, 0.2) is 0 Å². The monoisotopic (exact) mass is 336 g/mol. The minimum Gasteiger partial charge on any atom is -0.361 e. The van der Waals surface area contributed by atoms with Gasteiger partial charge in [-0.05, 0) is 36.2 Å². The third-order valence-corrected chi connectivity index (χ3v) is 3.96. The Labute approximate surface area is 145 Å².